The lowest BCUT2D eigenvalue weighted by atomic mass is 10.3. The van der Waals surface area contributed by atoms with Crippen LogP contribution in [0.2, 0.25) is 0 Å². The van der Waals surface area contributed by atoms with Gasteiger partial charge >= 0.3 is 0 Å². The molecular weight excluding hydrogens is 170 g/mol. The third-order valence-corrected chi connectivity index (χ3v) is 2.57. The van der Waals surface area contributed by atoms with Crippen LogP contribution >= 0.6 is 11.3 Å². The Hall–Kier alpha value is -1.09. The van der Waals surface area contributed by atoms with Crippen LogP contribution in [0.5, 0.6) is 0 Å². The molecule has 1 amide bonds. The van der Waals surface area contributed by atoms with Crippen LogP contribution in [-0.4, -0.2) is 5.91 Å². The summed E-state index contributed by atoms with van der Waals surface area (Å²) in [5.74, 6) is -0.129. The van der Waals surface area contributed by atoms with Crippen LogP contribution in [0.15, 0.2) is 30.2 Å². The SMILES string of the molecule is C=CC(=O)N[C@@H](C)c1cccs1. The average Bonchev–Trinajstić information content (AvgIpc) is 2.56. The van der Waals surface area contributed by atoms with Gasteiger partial charge in [-0.15, -0.1) is 11.3 Å². The van der Waals surface area contributed by atoms with Crippen molar-refractivity contribution in [1.29, 1.82) is 0 Å². The van der Waals surface area contributed by atoms with Gasteiger partial charge in [-0.3, -0.25) is 4.79 Å². The first-order valence-corrected chi connectivity index (χ1v) is 4.58. The van der Waals surface area contributed by atoms with E-state index in [2.05, 4.69) is 11.9 Å². The van der Waals surface area contributed by atoms with Gasteiger partial charge in [0.15, 0.2) is 0 Å². The van der Waals surface area contributed by atoms with Gasteiger partial charge < -0.3 is 5.32 Å². The van der Waals surface area contributed by atoms with Crippen molar-refractivity contribution in [3.63, 3.8) is 0 Å². The summed E-state index contributed by atoms with van der Waals surface area (Å²) >= 11 is 1.63. The van der Waals surface area contributed by atoms with Gasteiger partial charge in [-0.05, 0) is 24.4 Å². The van der Waals surface area contributed by atoms with Crippen LogP contribution in [0.4, 0.5) is 0 Å². The molecule has 1 aromatic heterocycles. The van der Waals surface area contributed by atoms with E-state index >= 15 is 0 Å². The number of carbonyl (C=O) groups is 1. The van der Waals surface area contributed by atoms with Crippen molar-refractivity contribution in [3.05, 3.63) is 35.0 Å². The number of thiophene rings is 1. The second-order valence-corrected chi connectivity index (χ2v) is 3.43. The Balaban J connectivity index is 2.55. The maximum atomic E-state index is 10.9. The zero-order valence-electron chi connectivity index (χ0n) is 6.91. The Morgan fingerprint density at radius 1 is 1.83 bits per heavy atom. The highest BCUT2D eigenvalue weighted by Crippen LogP contribution is 2.17. The highest BCUT2D eigenvalue weighted by atomic mass is 32.1. The van der Waals surface area contributed by atoms with Crippen molar-refractivity contribution in [2.24, 2.45) is 0 Å². The predicted molar refractivity (Wildman–Crippen MR) is 51.1 cm³/mol. The fourth-order valence-corrected chi connectivity index (χ4v) is 1.62. The maximum absolute atomic E-state index is 10.9. The van der Waals surface area contributed by atoms with E-state index in [0.717, 1.165) is 4.88 Å². The van der Waals surface area contributed by atoms with Crippen molar-refractivity contribution in [2.75, 3.05) is 0 Å². The maximum Gasteiger partial charge on any atom is 0.243 e. The minimum absolute atomic E-state index is 0.0792. The summed E-state index contributed by atoms with van der Waals surface area (Å²) in [4.78, 5) is 12.1. The van der Waals surface area contributed by atoms with Crippen LogP contribution in [0.25, 0.3) is 0 Å². The zero-order valence-corrected chi connectivity index (χ0v) is 7.73. The van der Waals surface area contributed by atoms with E-state index in [1.807, 2.05) is 24.4 Å². The van der Waals surface area contributed by atoms with Crippen molar-refractivity contribution >= 4 is 17.2 Å². The smallest absolute Gasteiger partial charge is 0.243 e. The normalized spacial score (nSPS) is 12.1. The molecule has 12 heavy (non-hydrogen) atoms. The molecule has 0 radical (unpaired) electrons. The van der Waals surface area contributed by atoms with E-state index in [-0.39, 0.29) is 11.9 Å². The summed E-state index contributed by atoms with van der Waals surface area (Å²) in [6.45, 7) is 5.34. The summed E-state index contributed by atoms with van der Waals surface area (Å²) in [6, 6.07) is 4.05. The van der Waals surface area contributed by atoms with Gasteiger partial charge in [0.2, 0.25) is 5.91 Å². The van der Waals surface area contributed by atoms with Crippen molar-refractivity contribution in [2.45, 2.75) is 13.0 Å². The van der Waals surface area contributed by atoms with Crippen LogP contribution in [0.1, 0.15) is 17.8 Å². The fourth-order valence-electron chi connectivity index (χ4n) is 0.881. The average molecular weight is 181 g/mol. The third kappa shape index (κ3) is 2.20. The number of rotatable bonds is 3. The molecule has 0 bridgehead atoms. The molecule has 1 aromatic rings. The molecule has 0 fully saturated rings. The van der Waals surface area contributed by atoms with Crippen LogP contribution in [0, 0.1) is 0 Å². The summed E-state index contributed by atoms with van der Waals surface area (Å²) < 4.78 is 0. The summed E-state index contributed by atoms with van der Waals surface area (Å²) in [5.41, 5.74) is 0. The molecule has 0 aromatic carbocycles. The molecule has 2 nitrogen and oxygen atoms in total. The molecular formula is C9H11NOS. The molecule has 1 heterocycles. The third-order valence-electron chi connectivity index (χ3n) is 1.51. The minimum atomic E-state index is -0.129. The van der Waals surface area contributed by atoms with Crippen LogP contribution in [-0.2, 0) is 4.79 Å². The van der Waals surface area contributed by atoms with Crippen LogP contribution in [0.3, 0.4) is 0 Å². The van der Waals surface area contributed by atoms with Crippen LogP contribution < -0.4 is 5.32 Å². The lowest BCUT2D eigenvalue weighted by Crippen LogP contribution is -2.23. The molecule has 64 valence electrons. The number of carbonyl (C=O) groups excluding carboxylic acids is 1. The van der Waals surface area contributed by atoms with Gasteiger partial charge in [0.25, 0.3) is 0 Å². The number of hydrogen-bond acceptors (Lipinski definition) is 2. The Morgan fingerprint density at radius 2 is 2.58 bits per heavy atom. The molecule has 0 unspecified atom stereocenters. The predicted octanol–water partition coefficient (Wildman–Crippen LogP) is 2.11. The minimum Gasteiger partial charge on any atom is -0.345 e. The van der Waals surface area contributed by atoms with E-state index in [1.54, 1.807) is 11.3 Å². The monoisotopic (exact) mass is 181 g/mol. The van der Waals surface area contributed by atoms with Crippen molar-refractivity contribution in [3.8, 4) is 0 Å². The largest absolute Gasteiger partial charge is 0.345 e. The molecule has 0 saturated heterocycles. The highest BCUT2D eigenvalue weighted by Gasteiger charge is 2.06. The standard InChI is InChI=1S/C9H11NOS/c1-3-9(11)10-7(2)8-5-4-6-12-8/h3-7H,1H2,2H3,(H,10,11)/t7-/m0/s1. The van der Waals surface area contributed by atoms with E-state index < -0.39 is 0 Å². The van der Waals surface area contributed by atoms with Crippen molar-refractivity contribution < 1.29 is 4.79 Å². The highest BCUT2D eigenvalue weighted by molar-refractivity contribution is 7.10. The quantitative estimate of drug-likeness (QED) is 0.711. The lowest BCUT2D eigenvalue weighted by molar-refractivity contribution is -0.117. The number of hydrogen-bond donors (Lipinski definition) is 1. The lowest BCUT2D eigenvalue weighted by Gasteiger charge is -2.09. The van der Waals surface area contributed by atoms with E-state index in [4.69, 9.17) is 0 Å². The number of nitrogens with one attached hydrogen (secondary N) is 1. The van der Waals surface area contributed by atoms with E-state index in [0.29, 0.717) is 0 Å². The molecule has 0 saturated carbocycles. The fraction of sp³-hybridized carbons (Fsp3) is 0.222. The summed E-state index contributed by atoms with van der Waals surface area (Å²) in [6.07, 6.45) is 1.28. The van der Waals surface area contributed by atoms with E-state index in [1.165, 1.54) is 6.08 Å². The molecule has 0 aliphatic rings. The van der Waals surface area contributed by atoms with Gasteiger partial charge in [-0.1, -0.05) is 12.6 Å². The molecule has 0 spiro atoms. The summed E-state index contributed by atoms with van der Waals surface area (Å²) in [5, 5.41) is 4.78. The molecule has 0 aliphatic heterocycles. The summed E-state index contributed by atoms with van der Waals surface area (Å²) in [7, 11) is 0. The van der Waals surface area contributed by atoms with Crippen molar-refractivity contribution in [1.82, 2.24) is 5.32 Å². The van der Waals surface area contributed by atoms with Gasteiger partial charge in [-0.25, -0.2) is 0 Å². The molecule has 1 rings (SSSR count). The van der Waals surface area contributed by atoms with E-state index in [9.17, 15) is 4.79 Å². The molecule has 3 heteroatoms. The Labute approximate surface area is 75.9 Å². The Bertz CT molecular complexity index is 266. The first kappa shape index (κ1) is 9.00. The van der Waals surface area contributed by atoms with Gasteiger partial charge in [0, 0.05) is 4.88 Å². The van der Waals surface area contributed by atoms with Gasteiger partial charge in [0.05, 0.1) is 6.04 Å². The second-order valence-electron chi connectivity index (χ2n) is 2.45. The Morgan fingerprint density at radius 3 is 3.08 bits per heavy atom. The first-order chi connectivity index (χ1) is 5.74. The second kappa shape index (κ2) is 4.07. The first-order valence-electron chi connectivity index (χ1n) is 3.70. The van der Waals surface area contributed by atoms with Gasteiger partial charge in [-0.2, -0.15) is 0 Å². The molecule has 1 N–H and O–H groups in total. The Kier molecular flexibility index (Phi) is 3.05. The zero-order chi connectivity index (χ0) is 8.97. The van der Waals surface area contributed by atoms with Gasteiger partial charge in [0.1, 0.15) is 0 Å². The molecule has 0 aliphatic carbocycles. The topological polar surface area (TPSA) is 29.1 Å². The number of amides is 1. The molecule has 1 atom stereocenters.